The third-order valence-corrected chi connectivity index (χ3v) is 3.80. The van der Waals surface area contributed by atoms with Gasteiger partial charge in [-0.3, -0.25) is 9.59 Å². The Labute approximate surface area is 137 Å². The number of hydrogen-bond acceptors (Lipinski definition) is 5. The highest BCUT2D eigenvalue weighted by Gasteiger charge is 2.24. The van der Waals surface area contributed by atoms with E-state index in [4.69, 9.17) is 14.2 Å². The zero-order valence-corrected chi connectivity index (χ0v) is 12.8. The molecule has 7 nitrogen and oxygen atoms in total. The van der Waals surface area contributed by atoms with Crippen LogP contribution >= 0.6 is 0 Å². The van der Waals surface area contributed by atoms with Crippen LogP contribution in [0.5, 0.6) is 17.2 Å². The van der Waals surface area contributed by atoms with Crippen molar-refractivity contribution in [3.05, 3.63) is 42.0 Å². The Balaban J connectivity index is 1.54. The average molecular weight is 326 g/mol. The number of anilines is 2. The van der Waals surface area contributed by atoms with Crippen molar-refractivity contribution in [1.82, 2.24) is 0 Å². The molecule has 4 rings (SSSR count). The van der Waals surface area contributed by atoms with E-state index in [1.54, 1.807) is 43.3 Å². The second kappa shape index (κ2) is 5.45. The van der Waals surface area contributed by atoms with Gasteiger partial charge in [0.15, 0.2) is 17.6 Å². The Morgan fingerprint density at radius 2 is 1.92 bits per heavy atom. The maximum atomic E-state index is 12.4. The molecule has 1 atom stereocenters. The standard InChI is InChI=1S/C17H14N2O5/c1-9-16(20)19-12-7-11(3-5-13(12)24-9)18-17(21)10-2-4-14-15(6-10)23-8-22-14/h2-7,9H,8H2,1H3,(H,18,21)(H,19,20)/t9-/m0/s1. The average Bonchev–Trinajstić information content (AvgIpc) is 3.03. The van der Waals surface area contributed by atoms with E-state index < -0.39 is 6.10 Å². The molecule has 0 radical (unpaired) electrons. The Bertz CT molecular complexity index is 849. The lowest BCUT2D eigenvalue weighted by molar-refractivity contribution is -0.122. The van der Waals surface area contributed by atoms with Gasteiger partial charge >= 0.3 is 0 Å². The third kappa shape index (κ3) is 2.50. The fraction of sp³-hybridized carbons (Fsp3) is 0.176. The molecule has 2 aromatic rings. The van der Waals surface area contributed by atoms with Gasteiger partial charge in [-0.2, -0.15) is 0 Å². The molecule has 122 valence electrons. The van der Waals surface area contributed by atoms with E-state index in [1.807, 2.05) is 0 Å². The molecule has 0 aromatic heterocycles. The molecule has 2 aromatic carbocycles. The van der Waals surface area contributed by atoms with E-state index in [0.717, 1.165) is 0 Å². The van der Waals surface area contributed by atoms with Crippen molar-refractivity contribution in [3.63, 3.8) is 0 Å². The maximum absolute atomic E-state index is 12.4. The van der Waals surface area contributed by atoms with Crippen LogP contribution in [0.4, 0.5) is 11.4 Å². The highest BCUT2D eigenvalue weighted by molar-refractivity contribution is 6.05. The topological polar surface area (TPSA) is 85.9 Å². The van der Waals surface area contributed by atoms with Crippen molar-refractivity contribution in [2.45, 2.75) is 13.0 Å². The summed E-state index contributed by atoms with van der Waals surface area (Å²) in [5.74, 6) is 1.23. The number of ether oxygens (including phenoxy) is 3. The molecule has 7 heteroatoms. The molecule has 0 saturated heterocycles. The van der Waals surface area contributed by atoms with Gasteiger partial charge < -0.3 is 24.8 Å². The summed E-state index contributed by atoms with van der Waals surface area (Å²) in [5.41, 5.74) is 1.53. The van der Waals surface area contributed by atoms with Crippen LogP contribution in [-0.2, 0) is 4.79 Å². The SMILES string of the molecule is C[C@@H]1Oc2ccc(NC(=O)c3ccc4c(c3)OCO4)cc2NC1=O. The quantitative estimate of drug-likeness (QED) is 0.885. The minimum atomic E-state index is -0.536. The summed E-state index contributed by atoms with van der Waals surface area (Å²) in [5, 5.41) is 5.53. The Morgan fingerprint density at radius 1 is 1.12 bits per heavy atom. The van der Waals surface area contributed by atoms with Gasteiger partial charge in [-0.25, -0.2) is 0 Å². The van der Waals surface area contributed by atoms with Gasteiger partial charge in [0.2, 0.25) is 6.79 Å². The second-order valence-corrected chi connectivity index (χ2v) is 5.48. The largest absolute Gasteiger partial charge is 0.479 e. The first-order valence-corrected chi connectivity index (χ1v) is 7.43. The van der Waals surface area contributed by atoms with E-state index in [9.17, 15) is 9.59 Å². The van der Waals surface area contributed by atoms with Crippen LogP contribution in [0, 0.1) is 0 Å². The summed E-state index contributed by atoms with van der Waals surface area (Å²) >= 11 is 0. The molecule has 0 saturated carbocycles. The monoisotopic (exact) mass is 326 g/mol. The molecular weight excluding hydrogens is 312 g/mol. The lowest BCUT2D eigenvalue weighted by Gasteiger charge is -2.23. The lowest BCUT2D eigenvalue weighted by Crippen LogP contribution is -2.34. The zero-order chi connectivity index (χ0) is 16.7. The number of fused-ring (bicyclic) bond motifs is 2. The lowest BCUT2D eigenvalue weighted by atomic mass is 10.1. The van der Waals surface area contributed by atoms with E-state index >= 15 is 0 Å². The first-order chi connectivity index (χ1) is 11.6. The molecule has 2 N–H and O–H groups in total. The van der Waals surface area contributed by atoms with Crippen molar-refractivity contribution >= 4 is 23.2 Å². The van der Waals surface area contributed by atoms with Crippen LogP contribution in [0.2, 0.25) is 0 Å². The highest BCUT2D eigenvalue weighted by Crippen LogP contribution is 2.34. The van der Waals surface area contributed by atoms with Crippen LogP contribution < -0.4 is 24.8 Å². The number of benzene rings is 2. The van der Waals surface area contributed by atoms with Crippen LogP contribution in [0.25, 0.3) is 0 Å². The van der Waals surface area contributed by atoms with E-state index in [-0.39, 0.29) is 18.6 Å². The Hall–Kier alpha value is -3.22. The number of carbonyl (C=O) groups is 2. The van der Waals surface area contributed by atoms with Gasteiger partial charge in [-0.05, 0) is 43.3 Å². The summed E-state index contributed by atoms with van der Waals surface area (Å²) in [6.45, 7) is 1.83. The summed E-state index contributed by atoms with van der Waals surface area (Å²) in [6, 6.07) is 10.1. The number of rotatable bonds is 2. The molecule has 24 heavy (non-hydrogen) atoms. The first kappa shape index (κ1) is 14.4. The van der Waals surface area contributed by atoms with Gasteiger partial charge in [0, 0.05) is 11.3 Å². The van der Waals surface area contributed by atoms with Crippen molar-refractivity contribution in [1.29, 1.82) is 0 Å². The van der Waals surface area contributed by atoms with E-state index in [0.29, 0.717) is 34.2 Å². The van der Waals surface area contributed by atoms with Crippen LogP contribution in [0.15, 0.2) is 36.4 Å². The first-order valence-electron chi connectivity index (χ1n) is 7.43. The van der Waals surface area contributed by atoms with Crippen molar-refractivity contribution in [2.24, 2.45) is 0 Å². The fourth-order valence-corrected chi connectivity index (χ4v) is 2.53. The zero-order valence-electron chi connectivity index (χ0n) is 12.8. The van der Waals surface area contributed by atoms with Crippen molar-refractivity contribution < 1.29 is 23.8 Å². The normalized spacial score (nSPS) is 17.5. The molecular formula is C17H14N2O5. The molecule has 0 bridgehead atoms. The van der Waals surface area contributed by atoms with Crippen molar-refractivity contribution in [3.8, 4) is 17.2 Å². The predicted molar refractivity (Wildman–Crippen MR) is 85.7 cm³/mol. The van der Waals surface area contributed by atoms with Crippen LogP contribution in [0.3, 0.4) is 0 Å². The molecule has 0 unspecified atom stereocenters. The summed E-state index contributed by atoms with van der Waals surface area (Å²) in [7, 11) is 0. The minimum absolute atomic E-state index is 0.156. The van der Waals surface area contributed by atoms with Crippen LogP contribution in [0.1, 0.15) is 17.3 Å². The van der Waals surface area contributed by atoms with E-state index in [1.165, 1.54) is 0 Å². The summed E-state index contributed by atoms with van der Waals surface area (Å²) in [4.78, 5) is 24.0. The number of hydrogen-bond donors (Lipinski definition) is 2. The summed E-state index contributed by atoms with van der Waals surface area (Å²) < 4.78 is 16.0. The maximum Gasteiger partial charge on any atom is 0.265 e. The van der Waals surface area contributed by atoms with Gasteiger partial charge in [-0.1, -0.05) is 0 Å². The van der Waals surface area contributed by atoms with Crippen molar-refractivity contribution in [2.75, 3.05) is 17.4 Å². The Kier molecular flexibility index (Phi) is 3.26. The molecule has 0 aliphatic carbocycles. The molecule has 0 spiro atoms. The van der Waals surface area contributed by atoms with Crippen LogP contribution in [-0.4, -0.2) is 24.7 Å². The molecule has 0 fully saturated rings. The van der Waals surface area contributed by atoms with Gasteiger partial charge in [-0.15, -0.1) is 0 Å². The molecule has 2 amide bonds. The fourth-order valence-electron chi connectivity index (χ4n) is 2.53. The molecule has 2 aliphatic heterocycles. The van der Waals surface area contributed by atoms with Gasteiger partial charge in [0.25, 0.3) is 11.8 Å². The predicted octanol–water partition coefficient (Wildman–Crippen LogP) is 2.39. The third-order valence-electron chi connectivity index (χ3n) is 3.80. The van der Waals surface area contributed by atoms with Gasteiger partial charge in [0.1, 0.15) is 5.75 Å². The van der Waals surface area contributed by atoms with E-state index in [2.05, 4.69) is 10.6 Å². The highest BCUT2D eigenvalue weighted by atomic mass is 16.7. The second-order valence-electron chi connectivity index (χ2n) is 5.48. The number of carbonyl (C=O) groups excluding carboxylic acids is 2. The minimum Gasteiger partial charge on any atom is -0.479 e. The number of amides is 2. The smallest absolute Gasteiger partial charge is 0.265 e. The van der Waals surface area contributed by atoms with Gasteiger partial charge in [0.05, 0.1) is 5.69 Å². The molecule has 2 heterocycles. The molecule has 2 aliphatic rings. The summed E-state index contributed by atoms with van der Waals surface area (Å²) in [6.07, 6.45) is -0.536. The number of nitrogens with one attached hydrogen (secondary N) is 2. The Morgan fingerprint density at radius 3 is 2.79 bits per heavy atom.